The first-order valence-electron chi connectivity index (χ1n) is 4.17. The lowest BCUT2D eigenvalue weighted by Crippen LogP contribution is -2.41. The van der Waals surface area contributed by atoms with E-state index < -0.39 is 21.4 Å². The lowest BCUT2D eigenvalue weighted by atomic mass is 10.3. The molecule has 9 nitrogen and oxygen atoms in total. The van der Waals surface area contributed by atoms with Crippen molar-refractivity contribution in [1.29, 1.82) is 0 Å². The molecule has 92 valence electrons. The predicted octanol–water partition coefficient (Wildman–Crippen LogP) is -1.38. The van der Waals surface area contributed by atoms with Gasteiger partial charge in [0.25, 0.3) is 7.59 Å². The fraction of sp³-hybridized carbons (Fsp3) is 0.200. The van der Waals surface area contributed by atoms with Crippen LogP contribution in [0.4, 0.5) is 0 Å². The highest BCUT2D eigenvalue weighted by atomic mass is 31.2. The van der Waals surface area contributed by atoms with E-state index in [2.05, 4.69) is 5.09 Å². The number of nitrogens with one attached hydrogen (secondary N) is 1. The van der Waals surface area contributed by atoms with Gasteiger partial charge in [0.05, 0.1) is 5.70 Å². The first kappa shape index (κ1) is 13.4. The minimum absolute atomic E-state index is 0.270. The van der Waals surface area contributed by atoms with Crippen LogP contribution in [0.5, 0.6) is 0 Å². The SMILES string of the molecule is NC1C=CC(NP(N)(N)=O)=CN1P(N)(N)=O. The number of nitrogens with two attached hydrogens (primary N) is 5. The monoisotopic (exact) mass is 267 g/mol. The summed E-state index contributed by atoms with van der Waals surface area (Å²) in [6.07, 6.45) is 3.49. The summed E-state index contributed by atoms with van der Waals surface area (Å²) in [5.41, 5.74) is 26.6. The zero-order valence-corrected chi connectivity index (χ0v) is 10.1. The van der Waals surface area contributed by atoms with Crippen molar-refractivity contribution < 1.29 is 9.13 Å². The van der Waals surface area contributed by atoms with Gasteiger partial charge in [0.2, 0.25) is 0 Å². The highest BCUT2D eigenvalue weighted by molar-refractivity contribution is 7.57. The molecule has 11 heteroatoms. The standard InChI is InChI=1S/C5H15N7O2P2/c6-5-2-1-4(11-15(7,8)13)3-12(5)16(9,10)14/h1-3,5H,6H2,(H4,9,10,14)(H5,7,8,11,13). The maximum absolute atomic E-state index is 11.5. The van der Waals surface area contributed by atoms with Crippen molar-refractivity contribution in [3.05, 3.63) is 24.0 Å². The van der Waals surface area contributed by atoms with Gasteiger partial charge in [-0.25, -0.2) is 0 Å². The Morgan fingerprint density at radius 2 is 1.81 bits per heavy atom. The van der Waals surface area contributed by atoms with E-state index >= 15 is 0 Å². The summed E-state index contributed by atoms with van der Waals surface area (Å²) in [5.74, 6) is 0. The molecule has 0 aromatic heterocycles. The third kappa shape index (κ3) is 3.73. The Hall–Kier alpha value is -0.660. The Balaban J connectivity index is 2.94. The van der Waals surface area contributed by atoms with E-state index in [-0.39, 0.29) is 5.70 Å². The maximum atomic E-state index is 11.5. The largest absolute Gasteiger partial charge is 0.312 e. The van der Waals surface area contributed by atoms with Crippen LogP contribution in [-0.2, 0) is 9.13 Å². The summed E-state index contributed by atoms with van der Waals surface area (Å²) in [6.45, 7) is 0. The Bertz CT molecular complexity index is 420. The molecule has 0 aromatic rings. The van der Waals surface area contributed by atoms with Crippen molar-refractivity contribution >= 4 is 15.2 Å². The molecule has 16 heavy (non-hydrogen) atoms. The Morgan fingerprint density at radius 3 is 2.25 bits per heavy atom. The minimum Gasteiger partial charge on any atom is -0.312 e. The van der Waals surface area contributed by atoms with Gasteiger partial charge in [-0.05, 0) is 12.2 Å². The van der Waals surface area contributed by atoms with Crippen molar-refractivity contribution in [2.75, 3.05) is 0 Å². The normalized spacial score (nSPS) is 21.9. The fourth-order valence-corrected chi connectivity index (χ4v) is 2.46. The van der Waals surface area contributed by atoms with Crippen molar-refractivity contribution in [3.8, 4) is 0 Å². The fourth-order valence-electron chi connectivity index (χ4n) is 1.13. The molecule has 0 aromatic carbocycles. The second-order valence-electron chi connectivity index (χ2n) is 3.31. The van der Waals surface area contributed by atoms with Crippen molar-refractivity contribution in [2.24, 2.45) is 27.8 Å². The van der Waals surface area contributed by atoms with E-state index in [0.717, 1.165) is 4.67 Å². The molecule has 1 unspecified atom stereocenters. The zero-order valence-electron chi connectivity index (χ0n) is 8.35. The number of hydrogen-bond acceptors (Lipinski definition) is 3. The summed E-state index contributed by atoms with van der Waals surface area (Å²) in [7, 11) is -6.97. The van der Waals surface area contributed by atoms with Gasteiger partial charge in [-0.3, -0.25) is 35.8 Å². The number of nitrogens with zero attached hydrogens (tertiary/aromatic N) is 1. The zero-order chi connectivity index (χ0) is 12.6. The van der Waals surface area contributed by atoms with Gasteiger partial charge in [0.15, 0.2) is 0 Å². The van der Waals surface area contributed by atoms with Gasteiger partial charge < -0.3 is 10.8 Å². The molecule has 0 aliphatic carbocycles. The highest BCUT2D eigenvalue weighted by Gasteiger charge is 2.26. The molecule has 0 saturated heterocycles. The molecular formula is C5H15N7O2P2. The molecule has 0 amide bonds. The third-order valence-electron chi connectivity index (χ3n) is 1.71. The molecule has 0 radical (unpaired) electrons. The first-order valence-corrected chi connectivity index (χ1v) is 7.81. The molecule has 1 rings (SSSR count). The van der Waals surface area contributed by atoms with Crippen LogP contribution in [0.3, 0.4) is 0 Å². The number of rotatable bonds is 3. The van der Waals surface area contributed by atoms with Crippen LogP contribution in [0.2, 0.25) is 0 Å². The molecule has 1 aliphatic rings. The van der Waals surface area contributed by atoms with Crippen molar-refractivity contribution in [2.45, 2.75) is 6.17 Å². The highest BCUT2D eigenvalue weighted by Crippen LogP contribution is 2.36. The smallest absolute Gasteiger partial charge is 0.301 e. The second-order valence-corrected chi connectivity index (χ2v) is 6.76. The average Bonchev–Trinajstić information content (AvgIpc) is 2.04. The molecule has 0 spiro atoms. The Labute approximate surface area is 92.7 Å². The average molecular weight is 267 g/mol. The summed E-state index contributed by atoms with van der Waals surface area (Å²) < 4.78 is 23.6. The Kier molecular flexibility index (Phi) is 3.61. The lowest BCUT2D eigenvalue weighted by molar-refractivity contribution is 0.447. The summed E-state index contributed by atoms with van der Waals surface area (Å²) >= 11 is 0. The molecule has 11 N–H and O–H groups in total. The maximum Gasteiger partial charge on any atom is 0.301 e. The van der Waals surface area contributed by atoms with Gasteiger partial charge in [-0.2, -0.15) is 0 Å². The topological polar surface area (TPSA) is 180 Å². The van der Waals surface area contributed by atoms with Crippen molar-refractivity contribution in [3.63, 3.8) is 0 Å². The first-order chi connectivity index (χ1) is 7.09. The summed E-state index contributed by atoms with van der Waals surface area (Å²) in [6, 6.07) is 0. The molecule has 0 bridgehead atoms. The van der Waals surface area contributed by atoms with E-state index in [0.29, 0.717) is 0 Å². The van der Waals surface area contributed by atoms with Gasteiger partial charge in [0.1, 0.15) is 6.17 Å². The van der Waals surface area contributed by atoms with E-state index in [1.807, 2.05) is 0 Å². The summed E-state index contributed by atoms with van der Waals surface area (Å²) in [5, 5.41) is 2.34. The van der Waals surface area contributed by atoms with Crippen LogP contribution in [0, 0.1) is 0 Å². The van der Waals surface area contributed by atoms with E-state index in [9.17, 15) is 9.13 Å². The quantitative estimate of drug-likeness (QED) is 0.336. The van der Waals surface area contributed by atoms with Crippen LogP contribution in [0.15, 0.2) is 24.0 Å². The molecule has 0 fully saturated rings. The van der Waals surface area contributed by atoms with Crippen LogP contribution in [0.25, 0.3) is 0 Å². The van der Waals surface area contributed by atoms with E-state index in [1.54, 1.807) is 0 Å². The van der Waals surface area contributed by atoms with Crippen LogP contribution < -0.4 is 32.8 Å². The molecule has 0 saturated carbocycles. The molecule has 1 aliphatic heterocycles. The van der Waals surface area contributed by atoms with Gasteiger partial charge >= 0.3 is 7.59 Å². The van der Waals surface area contributed by atoms with Crippen LogP contribution in [0.1, 0.15) is 0 Å². The van der Waals surface area contributed by atoms with Gasteiger partial charge in [0, 0.05) is 6.20 Å². The second kappa shape index (κ2) is 4.31. The van der Waals surface area contributed by atoms with Gasteiger partial charge in [-0.1, -0.05) is 0 Å². The molecular weight excluding hydrogens is 252 g/mol. The van der Waals surface area contributed by atoms with E-state index in [1.165, 1.54) is 18.4 Å². The third-order valence-corrected chi connectivity index (χ3v) is 3.43. The molecule has 1 heterocycles. The Morgan fingerprint density at radius 1 is 1.25 bits per heavy atom. The summed E-state index contributed by atoms with van der Waals surface area (Å²) in [4.78, 5) is 0. The van der Waals surface area contributed by atoms with Crippen LogP contribution in [-0.4, -0.2) is 10.8 Å². The van der Waals surface area contributed by atoms with Crippen LogP contribution >= 0.6 is 15.2 Å². The predicted molar refractivity (Wildman–Crippen MR) is 62.1 cm³/mol. The lowest BCUT2D eigenvalue weighted by Gasteiger charge is -2.31. The number of hydrogen-bond donors (Lipinski definition) is 6. The van der Waals surface area contributed by atoms with E-state index in [4.69, 9.17) is 27.8 Å². The minimum atomic E-state index is -3.53. The van der Waals surface area contributed by atoms with Gasteiger partial charge in [-0.15, -0.1) is 0 Å². The van der Waals surface area contributed by atoms with Crippen molar-refractivity contribution in [1.82, 2.24) is 9.76 Å². The molecule has 1 atom stereocenters. The number of allylic oxidation sites excluding steroid dienone is 1.